The van der Waals surface area contributed by atoms with Gasteiger partial charge in [-0.1, -0.05) is 50.0 Å². The fourth-order valence-corrected chi connectivity index (χ4v) is 5.70. The monoisotopic (exact) mass is 482 g/mol. The maximum absolute atomic E-state index is 13.8. The molecule has 170 valence electrons. The molecule has 0 aromatic heterocycles. The summed E-state index contributed by atoms with van der Waals surface area (Å²) in [5, 5.41) is 1.12. The minimum Gasteiger partial charge on any atom is -0.353 e. The van der Waals surface area contributed by atoms with Crippen LogP contribution in [0.4, 0.5) is 11.4 Å². The average molecular weight is 483 g/mol. The normalized spacial score (nSPS) is 26.2. The van der Waals surface area contributed by atoms with E-state index in [-0.39, 0.29) is 17.6 Å². The number of fused-ring (bicyclic) bond motifs is 5. The Morgan fingerprint density at radius 1 is 0.909 bits per heavy atom. The fraction of sp³-hybridized carbons (Fsp3) is 0.346. The van der Waals surface area contributed by atoms with Crippen LogP contribution < -0.4 is 9.80 Å². The van der Waals surface area contributed by atoms with Crippen molar-refractivity contribution in [3.63, 3.8) is 0 Å². The second-order valence-corrected chi connectivity index (χ2v) is 10.9. The lowest BCUT2D eigenvalue weighted by atomic mass is 9.79. The number of hydrogen-bond donors (Lipinski definition) is 0. The predicted molar refractivity (Wildman–Crippen MR) is 131 cm³/mol. The van der Waals surface area contributed by atoms with E-state index in [1.807, 2.05) is 50.8 Å². The van der Waals surface area contributed by atoms with Crippen LogP contribution in [0.5, 0.6) is 0 Å². The topological polar surface area (TPSA) is 57.7 Å². The van der Waals surface area contributed by atoms with E-state index in [4.69, 9.17) is 23.2 Å². The number of halogens is 2. The molecule has 2 fully saturated rings. The zero-order valence-corrected chi connectivity index (χ0v) is 20.3. The molecule has 3 aliphatic heterocycles. The van der Waals surface area contributed by atoms with Crippen molar-refractivity contribution in [3.05, 3.63) is 64.1 Å². The number of carbonyl (C=O) groups excluding carboxylic acids is 3. The van der Waals surface area contributed by atoms with Gasteiger partial charge in [0.2, 0.25) is 11.8 Å². The Bertz CT molecular complexity index is 1230. The van der Waals surface area contributed by atoms with Crippen LogP contribution in [-0.4, -0.2) is 29.7 Å². The maximum Gasteiger partial charge on any atom is 0.240 e. The number of Topliss-reactive ketones (excluding diaryl/α,β-unsaturated/α-hetero) is 1. The van der Waals surface area contributed by atoms with Gasteiger partial charge in [-0.25, -0.2) is 4.90 Å². The molecule has 0 bridgehead atoms. The van der Waals surface area contributed by atoms with Gasteiger partial charge in [0, 0.05) is 26.7 Å². The summed E-state index contributed by atoms with van der Waals surface area (Å²) < 4.78 is 0. The molecule has 2 aromatic carbocycles. The van der Waals surface area contributed by atoms with Crippen LogP contribution in [0.2, 0.25) is 10.0 Å². The molecule has 7 heteroatoms. The SMILES string of the molecule is CC1=C[C@@H]2[C@H]3C(=O)N(c4ccc(Cl)cc4)C(=O)[C@@H]3[C@H](C(=O)C(C)(C)C)N2c2ccc(Cl)cc21. The standard InChI is InChI=1S/C26H24Cl2N2O3/c1-13-11-19-20-21(25(33)29(24(20)32)16-8-5-14(27)6-9-16)22(23(31)26(2,3)4)30(19)18-10-7-15(28)12-17(13)18/h5-12,19-22H,1-4H3/t19-,20-,21+,22-/m1/s1. The Balaban J connectivity index is 1.68. The Morgan fingerprint density at radius 3 is 2.15 bits per heavy atom. The number of allylic oxidation sites excluding steroid dienone is 1. The predicted octanol–water partition coefficient (Wildman–Crippen LogP) is 5.39. The van der Waals surface area contributed by atoms with E-state index < -0.39 is 29.3 Å². The molecular formula is C26H24Cl2N2O3. The molecule has 0 radical (unpaired) electrons. The number of amides is 2. The summed E-state index contributed by atoms with van der Waals surface area (Å²) in [5.41, 5.74) is 2.51. The minimum absolute atomic E-state index is 0.0621. The Morgan fingerprint density at radius 2 is 1.52 bits per heavy atom. The summed E-state index contributed by atoms with van der Waals surface area (Å²) in [6.45, 7) is 7.52. The van der Waals surface area contributed by atoms with Crippen molar-refractivity contribution in [2.75, 3.05) is 9.80 Å². The second kappa shape index (κ2) is 7.44. The van der Waals surface area contributed by atoms with Crippen molar-refractivity contribution in [1.29, 1.82) is 0 Å². The van der Waals surface area contributed by atoms with E-state index in [1.165, 1.54) is 4.90 Å². The van der Waals surface area contributed by atoms with Gasteiger partial charge in [-0.2, -0.15) is 0 Å². The zero-order valence-electron chi connectivity index (χ0n) is 18.8. The van der Waals surface area contributed by atoms with Gasteiger partial charge in [-0.05, 0) is 55.0 Å². The third-order valence-corrected chi connectivity index (χ3v) is 7.39. The number of rotatable bonds is 2. The Hall–Kier alpha value is -2.63. The number of imide groups is 1. The Labute approximate surface area is 203 Å². The highest BCUT2D eigenvalue weighted by molar-refractivity contribution is 6.31. The van der Waals surface area contributed by atoms with E-state index in [2.05, 4.69) is 0 Å². The number of ketones is 1. The first kappa shape index (κ1) is 22.2. The van der Waals surface area contributed by atoms with Crippen LogP contribution in [0, 0.1) is 17.3 Å². The van der Waals surface area contributed by atoms with Crippen LogP contribution in [-0.2, 0) is 14.4 Å². The van der Waals surface area contributed by atoms with Gasteiger partial charge in [0.25, 0.3) is 0 Å². The molecule has 3 aliphatic rings. The van der Waals surface area contributed by atoms with E-state index in [9.17, 15) is 14.4 Å². The zero-order chi connectivity index (χ0) is 23.8. The highest BCUT2D eigenvalue weighted by Gasteiger charge is 2.65. The number of nitrogens with zero attached hydrogens (tertiary/aromatic N) is 2. The molecule has 0 saturated carbocycles. The lowest BCUT2D eigenvalue weighted by Crippen LogP contribution is -2.51. The lowest BCUT2D eigenvalue weighted by molar-refractivity contribution is -0.132. The van der Waals surface area contributed by atoms with E-state index in [0.29, 0.717) is 15.7 Å². The second-order valence-electron chi connectivity index (χ2n) is 10.0. The van der Waals surface area contributed by atoms with Crippen LogP contribution in [0.25, 0.3) is 5.57 Å². The first-order valence-corrected chi connectivity index (χ1v) is 11.7. The molecule has 4 atom stereocenters. The van der Waals surface area contributed by atoms with Crippen molar-refractivity contribution in [2.45, 2.75) is 39.8 Å². The molecule has 0 N–H and O–H groups in total. The van der Waals surface area contributed by atoms with Crippen molar-refractivity contribution in [3.8, 4) is 0 Å². The van der Waals surface area contributed by atoms with Gasteiger partial charge in [0.15, 0.2) is 5.78 Å². The smallest absolute Gasteiger partial charge is 0.240 e. The minimum atomic E-state index is -0.768. The van der Waals surface area contributed by atoms with Crippen LogP contribution in [0.15, 0.2) is 48.5 Å². The Kier molecular flexibility index (Phi) is 5.00. The largest absolute Gasteiger partial charge is 0.353 e. The number of benzene rings is 2. The van der Waals surface area contributed by atoms with Crippen molar-refractivity contribution in [1.82, 2.24) is 0 Å². The summed E-state index contributed by atoms with van der Waals surface area (Å²) in [6.07, 6.45) is 2.00. The molecular weight excluding hydrogens is 459 g/mol. The van der Waals surface area contributed by atoms with E-state index in [1.54, 1.807) is 30.3 Å². The van der Waals surface area contributed by atoms with Crippen molar-refractivity contribution >= 4 is 57.7 Å². The number of carbonyl (C=O) groups is 3. The molecule has 33 heavy (non-hydrogen) atoms. The van der Waals surface area contributed by atoms with E-state index >= 15 is 0 Å². The van der Waals surface area contributed by atoms with Gasteiger partial charge < -0.3 is 4.90 Å². The number of anilines is 2. The molecule has 2 saturated heterocycles. The summed E-state index contributed by atoms with van der Waals surface area (Å²) >= 11 is 12.3. The van der Waals surface area contributed by atoms with E-state index in [0.717, 1.165) is 16.8 Å². The van der Waals surface area contributed by atoms with Gasteiger partial charge in [-0.15, -0.1) is 0 Å². The third-order valence-electron chi connectivity index (χ3n) is 6.90. The highest BCUT2D eigenvalue weighted by atomic mass is 35.5. The van der Waals surface area contributed by atoms with Crippen LogP contribution >= 0.6 is 23.2 Å². The molecule has 5 rings (SSSR count). The van der Waals surface area contributed by atoms with Gasteiger partial charge >= 0.3 is 0 Å². The first-order chi connectivity index (χ1) is 15.5. The maximum atomic E-state index is 13.8. The summed E-state index contributed by atoms with van der Waals surface area (Å²) in [7, 11) is 0. The van der Waals surface area contributed by atoms with Gasteiger partial charge in [-0.3, -0.25) is 14.4 Å². The highest BCUT2D eigenvalue weighted by Crippen LogP contribution is 2.52. The fourth-order valence-electron chi connectivity index (χ4n) is 5.40. The van der Waals surface area contributed by atoms with Gasteiger partial charge in [0.05, 0.1) is 23.6 Å². The number of hydrogen-bond acceptors (Lipinski definition) is 4. The molecule has 0 unspecified atom stereocenters. The molecule has 5 nitrogen and oxygen atoms in total. The molecule has 3 heterocycles. The molecule has 2 aromatic rings. The van der Waals surface area contributed by atoms with Crippen molar-refractivity contribution < 1.29 is 14.4 Å². The first-order valence-electron chi connectivity index (χ1n) is 10.9. The third kappa shape index (κ3) is 3.24. The van der Waals surface area contributed by atoms with Crippen molar-refractivity contribution in [2.24, 2.45) is 17.3 Å². The average Bonchev–Trinajstić information content (AvgIpc) is 3.21. The summed E-state index contributed by atoms with van der Waals surface area (Å²) in [4.78, 5) is 44.5. The van der Waals surface area contributed by atoms with Crippen LogP contribution in [0.3, 0.4) is 0 Å². The van der Waals surface area contributed by atoms with Gasteiger partial charge in [0.1, 0.15) is 6.04 Å². The summed E-state index contributed by atoms with van der Waals surface area (Å²) in [5.74, 6) is -2.11. The quantitative estimate of drug-likeness (QED) is 0.538. The molecule has 0 aliphatic carbocycles. The lowest BCUT2D eigenvalue weighted by Gasteiger charge is -2.39. The molecule has 2 amide bonds. The molecule has 0 spiro atoms. The van der Waals surface area contributed by atoms with Crippen LogP contribution in [0.1, 0.15) is 33.3 Å². The summed E-state index contributed by atoms with van der Waals surface area (Å²) in [6, 6.07) is 11.0.